The fourth-order valence-corrected chi connectivity index (χ4v) is 3.46. The summed E-state index contributed by atoms with van der Waals surface area (Å²) in [5.41, 5.74) is 2.73. The second-order valence-electron chi connectivity index (χ2n) is 7.17. The predicted octanol–water partition coefficient (Wildman–Crippen LogP) is 2.87. The van der Waals surface area contributed by atoms with Crippen molar-refractivity contribution in [1.29, 1.82) is 0 Å². The summed E-state index contributed by atoms with van der Waals surface area (Å²) in [6.07, 6.45) is 0. The molecule has 0 radical (unpaired) electrons. The van der Waals surface area contributed by atoms with Crippen LogP contribution in [0.2, 0.25) is 0 Å². The average molecular weight is 409 g/mol. The van der Waals surface area contributed by atoms with Gasteiger partial charge in [0.1, 0.15) is 11.9 Å². The first-order valence-corrected chi connectivity index (χ1v) is 9.32. The van der Waals surface area contributed by atoms with Crippen molar-refractivity contribution in [2.24, 2.45) is 14.1 Å². The van der Waals surface area contributed by atoms with Crippen LogP contribution in [0.25, 0.3) is 22.2 Å². The molecule has 2 aromatic carbocycles. The fraction of sp³-hybridized carbons (Fsp3) is 0.238. The lowest BCUT2D eigenvalue weighted by Gasteiger charge is -2.12. The molecule has 30 heavy (non-hydrogen) atoms. The molecule has 0 aliphatic rings. The Morgan fingerprint density at radius 2 is 1.87 bits per heavy atom. The molecule has 1 N–H and O–H groups in total. The minimum atomic E-state index is -0.497. The summed E-state index contributed by atoms with van der Waals surface area (Å²) in [6.45, 7) is 3.43. The van der Waals surface area contributed by atoms with Crippen molar-refractivity contribution < 1.29 is 13.7 Å². The number of hydrogen-bond acceptors (Lipinski definition) is 5. The number of aromatic nitrogens is 4. The van der Waals surface area contributed by atoms with Gasteiger partial charge < -0.3 is 9.84 Å². The van der Waals surface area contributed by atoms with Gasteiger partial charge in [0.15, 0.2) is 5.82 Å². The quantitative estimate of drug-likeness (QED) is 0.559. The van der Waals surface area contributed by atoms with E-state index in [4.69, 9.17) is 4.52 Å². The second-order valence-corrected chi connectivity index (χ2v) is 7.17. The summed E-state index contributed by atoms with van der Waals surface area (Å²) in [5, 5.41) is 6.56. The molecule has 0 fully saturated rings. The third kappa shape index (κ3) is 3.28. The minimum absolute atomic E-state index is 0.222. The number of amides is 1. The van der Waals surface area contributed by atoms with E-state index in [1.54, 1.807) is 52.2 Å². The van der Waals surface area contributed by atoms with Crippen LogP contribution in [0, 0.1) is 12.7 Å². The molecule has 4 rings (SSSR count). The van der Waals surface area contributed by atoms with E-state index in [0.717, 1.165) is 0 Å². The molecule has 0 unspecified atom stereocenters. The fourth-order valence-electron chi connectivity index (χ4n) is 3.46. The first-order chi connectivity index (χ1) is 14.3. The summed E-state index contributed by atoms with van der Waals surface area (Å²) in [4.78, 5) is 29.6. The number of fused-ring (bicyclic) bond motifs is 1. The summed E-state index contributed by atoms with van der Waals surface area (Å²) in [6, 6.07) is 8.77. The maximum atomic E-state index is 13.4. The van der Waals surface area contributed by atoms with Crippen LogP contribution in [0.1, 0.15) is 35.0 Å². The van der Waals surface area contributed by atoms with Crippen molar-refractivity contribution in [3.8, 4) is 11.1 Å². The molecule has 8 nitrogen and oxygen atoms in total. The van der Waals surface area contributed by atoms with Crippen LogP contribution >= 0.6 is 0 Å². The summed E-state index contributed by atoms with van der Waals surface area (Å²) in [7, 11) is 3.31. The number of imidazole rings is 1. The van der Waals surface area contributed by atoms with E-state index in [1.807, 2.05) is 0 Å². The molecule has 0 saturated heterocycles. The standard InChI is InChI=1S/C21H20FN5O3/c1-11(20-24-12(2)25-30-20)23-19(28)14-9-16(13-5-7-15(22)8-6-13)18-17(10-14)26(3)21(29)27(18)4/h5-11H,1-4H3,(H,23,28)/t11-/m1/s1. The van der Waals surface area contributed by atoms with Crippen LogP contribution in [0.4, 0.5) is 4.39 Å². The zero-order valence-corrected chi connectivity index (χ0v) is 16.9. The molecular weight excluding hydrogens is 389 g/mol. The monoisotopic (exact) mass is 409 g/mol. The number of nitrogens with one attached hydrogen (secondary N) is 1. The molecule has 2 aromatic heterocycles. The SMILES string of the molecule is Cc1noc([C@@H](C)NC(=O)c2cc(-c3ccc(F)cc3)c3c(c2)n(C)c(=O)n3C)n1. The molecule has 1 atom stereocenters. The molecule has 9 heteroatoms. The van der Waals surface area contributed by atoms with Crippen LogP contribution in [-0.4, -0.2) is 25.2 Å². The molecule has 0 aliphatic heterocycles. The van der Waals surface area contributed by atoms with Gasteiger partial charge in [0, 0.05) is 25.2 Å². The number of halogens is 1. The van der Waals surface area contributed by atoms with Crippen LogP contribution in [0.5, 0.6) is 0 Å². The zero-order chi connectivity index (χ0) is 21.6. The Morgan fingerprint density at radius 1 is 1.17 bits per heavy atom. The third-order valence-electron chi connectivity index (χ3n) is 5.04. The van der Waals surface area contributed by atoms with Crippen LogP contribution in [0.15, 0.2) is 45.7 Å². The highest BCUT2D eigenvalue weighted by Gasteiger charge is 2.21. The first-order valence-electron chi connectivity index (χ1n) is 9.32. The highest BCUT2D eigenvalue weighted by Crippen LogP contribution is 2.30. The van der Waals surface area contributed by atoms with E-state index in [0.29, 0.717) is 39.4 Å². The number of aryl methyl sites for hydroxylation is 3. The lowest BCUT2D eigenvalue weighted by Crippen LogP contribution is -2.27. The maximum absolute atomic E-state index is 13.4. The lowest BCUT2D eigenvalue weighted by molar-refractivity contribution is 0.0932. The molecule has 0 saturated carbocycles. The maximum Gasteiger partial charge on any atom is 0.328 e. The predicted molar refractivity (Wildman–Crippen MR) is 108 cm³/mol. The summed E-state index contributed by atoms with van der Waals surface area (Å²) >= 11 is 0. The molecular formula is C21H20FN5O3. The van der Waals surface area contributed by atoms with Crippen molar-refractivity contribution >= 4 is 16.9 Å². The normalized spacial score (nSPS) is 12.3. The zero-order valence-electron chi connectivity index (χ0n) is 16.9. The number of rotatable bonds is 4. The molecule has 0 bridgehead atoms. The molecule has 2 heterocycles. The van der Waals surface area contributed by atoms with E-state index in [9.17, 15) is 14.0 Å². The Kier molecular flexibility index (Phi) is 4.73. The van der Waals surface area contributed by atoms with Crippen molar-refractivity contribution in [2.75, 3.05) is 0 Å². The largest absolute Gasteiger partial charge is 0.341 e. The molecule has 4 aromatic rings. The highest BCUT2D eigenvalue weighted by molar-refractivity contribution is 6.03. The van der Waals surface area contributed by atoms with Crippen LogP contribution < -0.4 is 11.0 Å². The van der Waals surface area contributed by atoms with E-state index < -0.39 is 6.04 Å². The highest BCUT2D eigenvalue weighted by atomic mass is 19.1. The van der Waals surface area contributed by atoms with E-state index in [2.05, 4.69) is 15.5 Å². The van der Waals surface area contributed by atoms with Gasteiger partial charge in [-0.2, -0.15) is 4.98 Å². The van der Waals surface area contributed by atoms with Gasteiger partial charge in [-0.3, -0.25) is 13.9 Å². The number of benzene rings is 2. The van der Waals surface area contributed by atoms with E-state index in [1.165, 1.54) is 21.3 Å². The molecule has 1 amide bonds. The van der Waals surface area contributed by atoms with Crippen LogP contribution in [0.3, 0.4) is 0 Å². The van der Waals surface area contributed by atoms with Gasteiger partial charge in [0.2, 0.25) is 5.89 Å². The Balaban J connectivity index is 1.82. The second kappa shape index (κ2) is 7.25. The molecule has 0 aliphatic carbocycles. The smallest absolute Gasteiger partial charge is 0.328 e. The van der Waals surface area contributed by atoms with E-state index >= 15 is 0 Å². The molecule has 154 valence electrons. The van der Waals surface area contributed by atoms with Gasteiger partial charge in [-0.1, -0.05) is 17.3 Å². The third-order valence-corrected chi connectivity index (χ3v) is 5.04. The number of nitrogens with zero attached hydrogens (tertiary/aromatic N) is 4. The Labute approximate surface area is 170 Å². The number of hydrogen-bond donors (Lipinski definition) is 1. The number of carbonyl (C=O) groups excluding carboxylic acids is 1. The van der Waals surface area contributed by atoms with Gasteiger partial charge in [-0.15, -0.1) is 0 Å². The summed E-state index contributed by atoms with van der Waals surface area (Å²) < 4.78 is 21.5. The van der Waals surface area contributed by atoms with Gasteiger partial charge in [0.05, 0.1) is 11.0 Å². The Bertz CT molecular complexity index is 1320. The molecule has 0 spiro atoms. The van der Waals surface area contributed by atoms with Gasteiger partial charge in [-0.05, 0) is 43.7 Å². The topological polar surface area (TPSA) is 95.0 Å². The van der Waals surface area contributed by atoms with Crippen molar-refractivity contribution in [3.63, 3.8) is 0 Å². The first kappa shape index (κ1) is 19.6. The number of carbonyl (C=O) groups is 1. The van der Waals surface area contributed by atoms with Crippen molar-refractivity contribution in [3.05, 3.63) is 70.0 Å². The minimum Gasteiger partial charge on any atom is -0.341 e. The van der Waals surface area contributed by atoms with Gasteiger partial charge in [-0.25, -0.2) is 9.18 Å². The van der Waals surface area contributed by atoms with Crippen LogP contribution in [-0.2, 0) is 14.1 Å². The Morgan fingerprint density at radius 3 is 2.50 bits per heavy atom. The summed E-state index contributed by atoms with van der Waals surface area (Å²) in [5.74, 6) is 0.0487. The van der Waals surface area contributed by atoms with Gasteiger partial charge >= 0.3 is 5.69 Å². The average Bonchev–Trinajstić information content (AvgIpc) is 3.26. The van der Waals surface area contributed by atoms with E-state index in [-0.39, 0.29) is 17.4 Å². The lowest BCUT2D eigenvalue weighted by atomic mass is 10.00. The Hall–Kier alpha value is -3.75. The van der Waals surface area contributed by atoms with Gasteiger partial charge in [0.25, 0.3) is 5.91 Å². The van der Waals surface area contributed by atoms with Crippen molar-refractivity contribution in [1.82, 2.24) is 24.6 Å². The van der Waals surface area contributed by atoms with Crippen molar-refractivity contribution in [2.45, 2.75) is 19.9 Å².